The van der Waals surface area contributed by atoms with Gasteiger partial charge in [-0.05, 0) is 47.9 Å². The van der Waals surface area contributed by atoms with Crippen molar-refractivity contribution in [1.29, 1.82) is 5.26 Å². The molecule has 0 radical (unpaired) electrons. The molecule has 2 fully saturated rings. The lowest BCUT2D eigenvalue weighted by atomic mass is 9.67. The fraction of sp³-hybridized carbons (Fsp3) is 0.500. The van der Waals surface area contributed by atoms with Crippen molar-refractivity contribution in [2.24, 2.45) is 11.3 Å². The average Bonchev–Trinajstić information content (AvgIpc) is 2.98. The van der Waals surface area contributed by atoms with E-state index in [1.165, 1.54) is 18.2 Å². The van der Waals surface area contributed by atoms with Crippen LogP contribution < -0.4 is 0 Å². The summed E-state index contributed by atoms with van der Waals surface area (Å²) in [5, 5.41) is 17.9. The first kappa shape index (κ1) is 17.7. The third kappa shape index (κ3) is 2.17. The standard InChI is InChI=1S/C22H22F2N4/c1-21(2)15-6-7-22(21,12-28-10-13(9-25)11-28)20-14(15)8-18(26-27-20)19-16(23)4-3-5-17(19)24/h3-5,8,13,15H,6-7,10-12H2,1-2H3/t15-,22-/m0/s1. The van der Waals surface area contributed by atoms with Crippen LogP contribution in [0.1, 0.15) is 43.9 Å². The quantitative estimate of drug-likeness (QED) is 0.807. The molecule has 1 aliphatic heterocycles. The van der Waals surface area contributed by atoms with Gasteiger partial charge in [-0.3, -0.25) is 4.90 Å². The van der Waals surface area contributed by atoms with Crippen LogP contribution in [0, 0.1) is 34.3 Å². The maximum Gasteiger partial charge on any atom is 0.135 e. The highest BCUT2D eigenvalue weighted by Gasteiger charge is 2.64. The van der Waals surface area contributed by atoms with E-state index in [0.717, 1.165) is 43.7 Å². The molecule has 2 heterocycles. The molecule has 1 saturated carbocycles. The number of rotatable bonds is 3. The van der Waals surface area contributed by atoms with Crippen molar-refractivity contribution in [3.05, 3.63) is 47.2 Å². The summed E-state index contributed by atoms with van der Waals surface area (Å²) in [5.41, 5.74) is 2.10. The van der Waals surface area contributed by atoms with E-state index < -0.39 is 11.6 Å². The van der Waals surface area contributed by atoms with Crippen LogP contribution in [0.2, 0.25) is 0 Å². The van der Waals surface area contributed by atoms with Gasteiger partial charge >= 0.3 is 0 Å². The zero-order valence-corrected chi connectivity index (χ0v) is 16.0. The van der Waals surface area contributed by atoms with E-state index in [2.05, 4.69) is 35.0 Å². The summed E-state index contributed by atoms with van der Waals surface area (Å²) in [6, 6.07) is 8.04. The maximum atomic E-state index is 14.3. The Morgan fingerprint density at radius 2 is 1.93 bits per heavy atom. The molecule has 2 atom stereocenters. The van der Waals surface area contributed by atoms with Gasteiger partial charge in [0.1, 0.15) is 11.6 Å². The van der Waals surface area contributed by atoms with E-state index in [1.807, 2.05) is 6.07 Å². The lowest BCUT2D eigenvalue weighted by molar-refractivity contribution is 0.0624. The Morgan fingerprint density at radius 1 is 1.21 bits per heavy atom. The number of hydrogen-bond acceptors (Lipinski definition) is 4. The Kier molecular flexibility index (Phi) is 3.67. The summed E-state index contributed by atoms with van der Waals surface area (Å²) < 4.78 is 28.5. The molecule has 6 heteroatoms. The van der Waals surface area contributed by atoms with Crippen LogP contribution in [0.3, 0.4) is 0 Å². The van der Waals surface area contributed by atoms with E-state index in [-0.39, 0.29) is 28.0 Å². The third-order valence-electron chi connectivity index (χ3n) is 7.47. The van der Waals surface area contributed by atoms with Gasteiger partial charge in [0.05, 0.1) is 28.9 Å². The molecule has 144 valence electrons. The van der Waals surface area contributed by atoms with Crippen molar-refractivity contribution < 1.29 is 8.78 Å². The third-order valence-corrected chi connectivity index (χ3v) is 7.47. The van der Waals surface area contributed by atoms with E-state index in [1.54, 1.807) is 0 Å². The van der Waals surface area contributed by atoms with Gasteiger partial charge in [-0.15, -0.1) is 0 Å². The van der Waals surface area contributed by atoms with Crippen molar-refractivity contribution in [2.45, 2.75) is 38.0 Å². The normalized spacial score (nSPS) is 28.0. The second kappa shape index (κ2) is 5.81. The Morgan fingerprint density at radius 3 is 2.61 bits per heavy atom. The minimum Gasteiger partial charge on any atom is -0.300 e. The number of halogens is 2. The Bertz CT molecular complexity index is 986. The number of likely N-dealkylation sites (tertiary alicyclic amines) is 1. The van der Waals surface area contributed by atoms with Crippen LogP contribution in [-0.2, 0) is 5.41 Å². The van der Waals surface area contributed by atoms with Crippen LogP contribution in [0.5, 0.6) is 0 Å². The van der Waals surface area contributed by atoms with Gasteiger partial charge in [0, 0.05) is 25.0 Å². The molecule has 3 aliphatic rings. The number of nitrogens with zero attached hydrogens (tertiary/aromatic N) is 4. The van der Waals surface area contributed by atoms with Crippen LogP contribution in [0.25, 0.3) is 11.3 Å². The molecule has 2 aliphatic carbocycles. The van der Waals surface area contributed by atoms with Crippen LogP contribution in [0.15, 0.2) is 24.3 Å². The number of nitriles is 1. The zero-order chi connectivity index (χ0) is 19.7. The fourth-order valence-corrected chi connectivity index (χ4v) is 5.80. The predicted octanol–water partition coefficient (Wildman–Crippen LogP) is 4.03. The number of benzene rings is 1. The second-order valence-corrected chi connectivity index (χ2v) is 9.05. The highest BCUT2D eigenvalue weighted by molar-refractivity contribution is 5.63. The summed E-state index contributed by atoms with van der Waals surface area (Å²) >= 11 is 0. The molecule has 1 aromatic carbocycles. The highest BCUT2D eigenvalue weighted by atomic mass is 19.1. The molecule has 28 heavy (non-hydrogen) atoms. The number of hydrogen-bond donors (Lipinski definition) is 0. The van der Waals surface area contributed by atoms with Crippen LogP contribution >= 0.6 is 0 Å². The SMILES string of the molecule is CC1(C)[C@H]2CC[C@]1(CN1CC(C#N)C1)c1nnc(-c3c(F)cccc3F)cc12. The summed E-state index contributed by atoms with van der Waals surface area (Å²) in [6.45, 7) is 7.03. The molecule has 0 unspecified atom stereocenters. The number of aromatic nitrogens is 2. The van der Waals surface area contributed by atoms with Gasteiger partial charge < -0.3 is 0 Å². The first-order valence-electron chi connectivity index (χ1n) is 9.82. The molecule has 5 rings (SSSR count). The minimum atomic E-state index is -0.616. The Labute approximate surface area is 163 Å². The van der Waals surface area contributed by atoms with Crippen molar-refractivity contribution in [3.8, 4) is 17.3 Å². The van der Waals surface area contributed by atoms with E-state index in [9.17, 15) is 8.78 Å². The molecule has 4 nitrogen and oxygen atoms in total. The van der Waals surface area contributed by atoms with Gasteiger partial charge in [0.2, 0.25) is 0 Å². The smallest absolute Gasteiger partial charge is 0.135 e. The zero-order valence-electron chi connectivity index (χ0n) is 16.0. The first-order valence-corrected chi connectivity index (χ1v) is 9.82. The van der Waals surface area contributed by atoms with Gasteiger partial charge in [0.25, 0.3) is 0 Å². The monoisotopic (exact) mass is 380 g/mol. The van der Waals surface area contributed by atoms with E-state index >= 15 is 0 Å². The van der Waals surface area contributed by atoms with E-state index in [0.29, 0.717) is 5.92 Å². The maximum absolute atomic E-state index is 14.3. The lowest BCUT2D eigenvalue weighted by Crippen LogP contribution is -2.54. The fourth-order valence-electron chi connectivity index (χ4n) is 5.80. The molecule has 0 spiro atoms. The molecule has 0 amide bonds. The van der Waals surface area contributed by atoms with E-state index in [4.69, 9.17) is 5.26 Å². The summed E-state index contributed by atoms with van der Waals surface area (Å²) in [7, 11) is 0. The summed E-state index contributed by atoms with van der Waals surface area (Å²) in [4.78, 5) is 2.33. The lowest BCUT2D eigenvalue weighted by Gasteiger charge is -2.46. The molecule has 2 bridgehead atoms. The molecular weight excluding hydrogens is 358 g/mol. The van der Waals surface area contributed by atoms with Gasteiger partial charge in [-0.1, -0.05) is 19.9 Å². The molecule has 0 N–H and O–H groups in total. The van der Waals surface area contributed by atoms with Gasteiger partial charge in [0.15, 0.2) is 0 Å². The van der Waals surface area contributed by atoms with Gasteiger partial charge in [-0.2, -0.15) is 15.5 Å². The Hall–Kier alpha value is -2.39. The summed E-state index contributed by atoms with van der Waals surface area (Å²) in [6.07, 6.45) is 2.08. The summed E-state index contributed by atoms with van der Waals surface area (Å²) in [5.74, 6) is -0.807. The number of fused-ring (bicyclic) bond motifs is 5. The molecular formula is C22H22F2N4. The molecule has 1 saturated heterocycles. The van der Waals surface area contributed by atoms with Crippen molar-refractivity contribution >= 4 is 0 Å². The van der Waals surface area contributed by atoms with Crippen molar-refractivity contribution in [2.75, 3.05) is 19.6 Å². The Balaban J connectivity index is 1.57. The molecule has 1 aromatic heterocycles. The molecule has 2 aromatic rings. The first-order chi connectivity index (χ1) is 13.4. The topological polar surface area (TPSA) is 52.8 Å². The van der Waals surface area contributed by atoms with Crippen molar-refractivity contribution in [1.82, 2.24) is 15.1 Å². The predicted molar refractivity (Wildman–Crippen MR) is 100 cm³/mol. The second-order valence-electron chi connectivity index (χ2n) is 9.05. The minimum absolute atomic E-state index is 0.00581. The van der Waals surface area contributed by atoms with Crippen molar-refractivity contribution in [3.63, 3.8) is 0 Å². The van der Waals surface area contributed by atoms with Crippen LogP contribution in [-0.4, -0.2) is 34.7 Å². The largest absolute Gasteiger partial charge is 0.300 e. The average molecular weight is 380 g/mol. The van der Waals surface area contributed by atoms with Crippen LogP contribution in [0.4, 0.5) is 8.78 Å². The highest BCUT2D eigenvalue weighted by Crippen LogP contribution is 2.67. The van der Waals surface area contributed by atoms with Gasteiger partial charge in [-0.25, -0.2) is 8.78 Å².